The first-order valence-electron chi connectivity index (χ1n) is 8.75. The molecule has 1 amide bonds. The van der Waals surface area contributed by atoms with E-state index < -0.39 is 0 Å². The molecular weight excluding hydrogens is 314 g/mol. The Morgan fingerprint density at radius 2 is 1.80 bits per heavy atom. The first-order valence-corrected chi connectivity index (χ1v) is 8.75. The number of aliphatic hydroxyl groups excluding tert-OH is 1. The maximum atomic E-state index is 12.1. The number of nitrogens with zero attached hydrogens (tertiary/aromatic N) is 2. The fraction of sp³-hybridized carbons (Fsp3) is 0.450. The molecule has 5 nitrogen and oxygen atoms in total. The number of hydrogen-bond acceptors (Lipinski definition) is 4. The average molecular weight is 341 g/mol. The second kappa shape index (κ2) is 8.72. The van der Waals surface area contributed by atoms with Gasteiger partial charge in [0, 0.05) is 12.0 Å². The van der Waals surface area contributed by atoms with Crippen LogP contribution in [-0.4, -0.2) is 21.0 Å². The first-order chi connectivity index (χ1) is 11.9. The Bertz CT molecular complexity index is 709. The molecule has 1 aromatic carbocycles. The van der Waals surface area contributed by atoms with Gasteiger partial charge in [-0.05, 0) is 23.8 Å². The quantitative estimate of drug-likeness (QED) is 0.803. The molecule has 1 heterocycles. The van der Waals surface area contributed by atoms with E-state index in [1.165, 1.54) is 0 Å². The number of aliphatic hydroxyl groups is 1. The fourth-order valence-corrected chi connectivity index (χ4v) is 2.53. The maximum Gasteiger partial charge on any atom is 0.225 e. The van der Waals surface area contributed by atoms with Crippen molar-refractivity contribution in [3.8, 4) is 11.3 Å². The number of aromatic nitrogens is 2. The highest BCUT2D eigenvalue weighted by atomic mass is 16.3. The Kier molecular flexibility index (Phi) is 6.65. The first kappa shape index (κ1) is 19.1. The molecule has 1 aromatic heterocycles. The van der Waals surface area contributed by atoms with Gasteiger partial charge in [0.15, 0.2) is 5.82 Å². The molecular formula is C20H27N3O2. The molecule has 0 fully saturated rings. The molecule has 2 rings (SSSR count). The summed E-state index contributed by atoms with van der Waals surface area (Å²) >= 11 is 0. The van der Waals surface area contributed by atoms with E-state index in [9.17, 15) is 4.79 Å². The van der Waals surface area contributed by atoms with Crippen LogP contribution in [0.2, 0.25) is 0 Å². The third-order valence-electron chi connectivity index (χ3n) is 3.73. The molecule has 0 saturated carbocycles. The number of anilines is 1. The number of nitrogens with one attached hydrogen (secondary N) is 1. The van der Waals surface area contributed by atoms with E-state index in [0.29, 0.717) is 24.1 Å². The SMILES string of the molecule is CC(C)CC(=O)Nc1ncc(-c2ccc(CO)cc2)nc1CC(C)C. The highest BCUT2D eigenvalue weighted by Gasteiger charge is 2.14. The third kappa shape index (κ3) is 5.64. The lowest BCUT2D eigenvalue weighted by Gasteiger charge is -2.13. The molecule has 0 radical (unpaired) electrons. The number of rotatable bonds is 7. The summed E-state index contributed by atoms with van der Waals surface area (Å²) in [6.45, 7) is 8.28. The zero-order valence-electron chi connectivity index (χ0n) is 15.4. The molecule has 0 bridgehead atoms. The standard InChI is InChI=1S/C20H27N3O2/c1-13(2)9-17-20(23-19(25)10-14(3)4)21-11-18(22-17)16-7-5-15(12-24)6-8-16/h5-8,11,13-14,24H,9-10,12H2,1-4H3,(H,21,23,25). The molecule has 2 aromatic rings. The van der Waals surface area contributed by atoms with Crippen LogP contribution >= 0.6 is 0 Å². The second-order valence-electron chi connectivity index (χ2n) is 7.15. The summed E-state index contributed by atoms with van der Waals surface area (Å²) in [5.74, 6) is 1.22. The normalized spacial score (nSPS) is 11.2. The Morgan fingerprint density at radius 1 is 1.12 bits per heavy atom. The van der Waals surface area contributed by atoms with Crippen molar-refractivity contribution in [3.63, 3.8) is 0 Å². The van der Waals surface area contributed by atoms with Gasteiger partial charge in [-0.1, -0.05) is 52.0 Å². The summed E-state index contributed by atoms with van der Waals surface area (Å²) in [4.78, 5) is 21.3. The van der Waals surface area contributed by atoms with E-state index in [4.69, 9.17) is 10.1 Å². The van der Waals surface area contributed by atoms with Crippen LogP contribution in [0.1, 0.15) is 45.4 Å². The summed E-state index contributed by atoms with van der Waals surface area (Å²) in [5, 5.41) is 12.1. The highest BCUT2D eigenvalue weighted by molar-refractivity contribution is 5.90. The zero-order valence-corrected chi connectivity index (χ0v) is 15.4. The monoisotopic (exact) mass is 341 g/mol. The van der Waals surface area contributed by atoms with E-state index in [2.05, 4.69) is 24.1 Å². The van der Waals surface area contributed by atoms with Crippen molar-refractivity contribution in [1.82, 2.24) is 9.97 Å². The van der Waals surface area contributed by atoms with Gasteiger partial charge in [-0.15, -0.1) is 0 Å². The molecule has 0 aliphatic heterocycles. The lowest BCUT2D eigenvalue weighted by molar-refractivity contribution is -0.116. The van der Waals surface area contributed by atoms with Crippen LogP contribution in [0, 0.1) is 11.8 Å². The number of benzene rings is 1. The predicted octanol–water partition coefficient (Wildman–Crippen LogP) is 3.82. The maximum absolute atomic E-state index is 12.1. The second-order valence-corrected chi connectivity index (χ2v) is 7.15. The van der Waals surface area contributed by atoms with Crippen molar-refractivity contribution in [3.05, 3.63) is 41.7 Å². The minimum absolute atomic E-state index is 0.0192. The van der Waals surface area contributed by atoms with Crippen molar-refractivity contribution >= 4 is 11.7 Å². The van der Waals surface area contributed by atoms with Crippen LogP contribution in [0.5, 0.6) is 0 Å². The van der Waals surface area contributed by atoms with E-state index in [1.807, 2.05) is 38.1 Å². The summed E-state index contributed by atoms with van der Waals surface area (Å²) < 4.78 is 0. The summed E-state index contributed by atoms with van der Waals surface area (Å²) in [6, 6.07) is 7.59. The average Bonchev–Trinajstić information content (AvgIpc) is 2.55. The summed E-state index contributed by atoms with van der Waals surface area (Å²) in [7, 11) is 0. The third-order valence-corrected chi connectivity index (χ3v) is 3.73. The summed E-state index contributed by atoms with van der Waals surface area (Å²) in [5.41, 5.74) is 3.37. The van der Waals surface area contributed by atoms with Gasteiger partial charge in [0.2, 0.25) is 5.91 Å². The Balaban J connectivity index is 2.30. The fourth-order valence-electron chi connectivity index (χ4n) is 2.53. The molecule has 0 aliphatic rings. The van der Waals surface area contributed by atoms with Crippen LogP contribution in [0.4, 0.5) is 5.82 Å². The number of carbonyl (C=O) groups is 1. The Morgan fingerprint density at radius 3 is 2.36 bits per heavy atom. The molecule has 134 valence electrons. The van der Waals surface area contributed by atoms with Gasteiger partial charge in [0.05, 0.1) is 24.2 Å². The minimum Gasteiger partial charge on any atom is -0.392 e. The topological polar surface area (TPSA) is 75.1 Å². The molecule has 0 spiro atoms. The highest BCUT2D eigenvalue weighted by Crippen LogP contribution is 2.22. The van der Waals surface area contributed by atoms with E-state index in [1.54, 1.807) is 6.20 Å². The van der Waals surface area contributed by atoms with Gasteiger partial charge >= 0.3 is 0 Å². The summed E-state index contributed by atoms with van der Waals surface area (Å²) in [6.07, 6.45) is 2.89. The number of hydrogen-bond donors (Lipinski definition) is 2. The predicted molar refractivity (Wildman–Crippen MR) is 100 cm³/mol. The number of amides is 1. The minimum atomic E-state index is -0.0330. The van der Waals surface area contributed by atoms with Gasteiger partial charge in [0.1, 0.15) is 0 Å². The van der Waals surface area contributed by atoms with Crippen molar-refractivity contribution in [2.24, 2.45) is 11.8 Å². The van der Waals surface area contributed by atoms with Crippen molar-refractivity contribution in [1.29, 1.82) is 0 Å². The molecule has 0 saturated heterocycles. The van der Waals surface area contributed by atoms with Crippen LogP contribution in [0.3, 0.4) is 0 Å². The van der Waals surface area contributed by atoms with Gasteiger partial charge in [-0.2, -0.15) is 0 Å². The molecule has 2 N–H and O–H groups in total. The molecule has 0 atom stereocenters. The van der Waals surface area contributed by atoms with Crippen molar-refractivity contribution in [2.75, 3.05) is 5.32 Å². The van der Waals surface area contributed by atoms with Crippen molar-refractivity contribution < 1.29 is 9.90 Å². The lowest BCUT2D eigenvalue weighted by Crippen LogP contribution is -2.17. The van der Waals surface area contributed by atoms with Crippen LogP contribution in [-0.2, 0) is 17.8 Å². The van der Waals surface area contributed by atoms with Gasteiger partial charge in [0.25, 0.3) is 0 Å². The number of carbonyl (C=O) groups excluding carboxylic acids is 1. The van der Waals surface area contributed by atoms with E-state index in [0.717, 1.165) is 28.9 Å². The van der Waals surface area contributed by atoms with Crippen LogP contribution in [0.15, 0.2) is 30.5 Å². The van der Waals surface area contributed by atoms with Gasteiger partial charge in [-0.3, -0.25) is 4.79 Å². The van der Waals surface area contributed by atoms with Crippen LogP contribution < -0.4 is 5.32 Å². The largest absolute Gasteiger partial charge is 0.392 e. The lowest BCUT2D eigenvalue weighted by atomic mass is 10.1. The Hall–Kier alpha value is -2.27. The van der Waals surface area contributed by atoms with Crippen LogP contribution in [0.25, 0.3) is 11.3 Å². The smallest absolute Gasteiger partial charge is 0.225 e. The Labute approximate surface area is 149 Å². The van der Waals surface area contributed by atoms with Gasteiger partial charge in [-0.25, -0.2) is 9.97 Å². The molecule has 0 aliphatic carbocycles. The van der Waals surface area contributed by atoms with Crippen molar-refractivity contribution in [2.45, 2.75) is 47.1 Å². The molecule has 0 unspecified atom stereocenters. The van der Waals surface area contributed by atoms with E-state index >= 15 is 0 Å². The van der Waals surface area contributed by atoms with Gasteiger partial charge < -0.3 is 10.4 Å². The molecule has 25 heavy (non-hydrogen) atoms. The van der Waals surface area contributed by atoms with E-state index in [-0.39, 0.29) is 12.5 Å². The zero-order chi connectivity index (χ0) is 18.4. The molecule has 5 heteroatoms.